The van der Waals surface area contributed by atoms with Crippen LogP contribution < -0.4 is 22.0 Å². The van der Waals surface area contributed by atoms with E-state index in [0.29, 0.717) is 28.8 Å². The fraction of sp³-hybridized carbons (Fsp3) is 0.0769. The van der Waals surface area contributed by atoms with E-state index in [2.05, 4.69) is 26.1 Å². The summed E-state index contributed by atoms with van der Waals surface area (Å²) in [6.45, 7) is 0. The molecule has 0 radical (unpaired) electrons. The summed E-state index contributed by atoms with van der Waals surface area (Å²) in [5, 5.41) is 49.1. The molecule has 0 unspecified atom stereocenters. The van der Waals surface area contributed by atoms with Crippen LogP contribution in [-0.2, 0) is 17.6 Å². The summed E-state index contributed by atoms with van der Waals surface area (Å²) in [5.41, 5.74) is 6.66. The highest BCUT2D eigenvalue weighted by Gasteiger charge is 2.17. The van der Waals surface area contributed by atoms with Crippen molar-refractivity contribution in [3.05, 3.63) is 94.1 Å². The molecule has 3 rings (SSSR count). The number of aromatic carboxylic acids is 2. The lowest BCUT2D eigenvalue weighted by Gasteiger charge is -2.12. The first-order valence-electron chi connectivity index (χ1n) is 11.9. The summed E-state index contributed by atoms with van der Waals surface area (Å²) in [5.74, 6) is 1.34. The minimum Gasteiger partial charge on any atom is -0.478 e. The highest BCUT2D eigenvalue weighted by molar-refractivity contribution is 6.46. The first-order chi connectivity index (χ1) is 20.0. The zero-order valence-corrected chi connectivity index (χ0v) is 21.7. The second-order valence-electron chi connectivity index (χ2n) is 8.46. The molecule has 3 aromatic rings. The molecule has 0 saturated carbocycles. The van der Waals surface area contributed by atoms with Crippen LogP contribution in [0.15, 0.2) is 71.0 Å². The van der Waals surface area contributed by atoms with E-state index in [1.807, 2.05) is 0 Å². The molecule has 16 nitrogen and oxygen atoms in total. The molecule has 1 heterocycles. The number of nitrogen functional groups attached to an aromatic ring is 1. The van der Waals surface area contributed by atoms with Crippen molar-refractivity contribution in [2.75, 3.05) is 16.5 Å². The Balaban J connectivity index is 1.80. The molecule has 0 fully saturated rings. The lowest BCUT2D eigenvalue weighted by atomic mass is 10.00. The second-order valence-corrected chi connectivity index (χ2v) is 8.46. The Morgan fingerprint density at radius 1 is 0.929 bits per heavy atom. The molecule has 214 valence electrons. The quantitative estimate of drug-likeness (QED) is 0.0686. The topological polar surface area (TPSA) is 273 Å². The van der Waals surface area contributed by atoms with Gasteiger partial charge in [-0.25, -0.2) is 9.59 Å². The summed E-state index contributed by atoms with van der Waals surface area (Å²) >= 11 is 0. The normalized spacial score (nSPS) is 10.9. The second kappa shape index (κ2) is 13.7. The minimum absolute atomic E-state index is 0.00695. The lowest BCUT2D eigenvalue weighted by molar-refractivity contribution is -0.110. The van der Waals surface area contributed by atoms with Crippen LogP contribution in [0.3, 0.4) is 0 Å². The molecule has 2 amide bonds. The number of nitrogens with zero attached hydrogens (tertiary/aromatic N) is 4. The van der Waals surface area contributed by atoms with Crippen LogP contribution in [0.25, 0.3) is 0 Å². The van der Waals surface area contributed by atoms with E-state index < -0.39 is 29.5 Å². The number of carbonyl (C=O) groups excluding carboxylic acids is 2. The third-order valence-corrected chi connectivity index (χ3v) is 5.64. The van der Waals surface area contributed by atoms with Crippen molar-refractivity contribution in [2.24, 2.45) is 10.3 Å². The molecule has 1 aromatic heterocycles. The number of rotatable bonds is 12. The van der Waals surface area contributed by atoms with Crippen LogP contribution in [-0.4, -0.2) is 55.8 Å². The summed E-state index contributed by atoms with van der Waals surface area (Å²) in [6.07, 6.45) is 4.10. The van der Waals surface area contributed by atoms with Crippen molar-refractivity contribution < 1.29 is 29.4 Å². The minimum atomic E-state index is -1.29. The largest absolute Gasteiger partial charge is 0.478 e. The summed E-state index contributed by atoms with van der Waals surface area (Å²) < 4.78 is 0. The maximum absolute atomic E-state index is 12.7. The van der Waals surface area contributed by atoms with E-state index in [-0.39, 0.29) is 33.7 Å². The van der Waals surface area contributed by atoms with E-state index in [1.54, 1.807) is 12.1 Å². The summed E-state index contributed by atoms with van der Waals surface area (Å²) in [7, 11) is 0. The van der Waals surface area contributed by atoms with Crippen LogP contribution in [0.2, 0.25) is 0 Å². The number of allylic oxidation sites excluding steroid dienone is 1. The van der Waals surface area contributed by atoms with Gasteiger partial charge in [0.05, 0.1) is 28.7 Å². The Hall–Kier alpha value is -6.32. The number of aryl methyl sites for hydroxylation is 2. The van der Waals surface area contributed by atoms with Crippen molar-refractivity contribution in [2.45, 2.75) is 12.8 Å². The van der Waals surface area contributed by atoms with Gasteiger partial charge in [0.1, 0.15) is 5.71 Å². The van der Waals surface area contributed by atoms with Crippen molar-refractivity contribution in [3.63, 3.8) is 0 Å². The zero-order chi connectivity index (χ0) is 30.8. The number of carboxylic acids is 2. The van der Waals surface area contributed by atoms with Crippen LogP contribution in [0.5, 0.6) is 0 Å². The zero-order valence-electron chi connectivity index (χ0n) is 21.7. The molecule has 0 aliphatic rings. The standard InChI is InChI=1S/C26H24N10O6/c27-18(2-1-11-31-35-29)23(37)32-20-12-14(5-7-16(20)25(39)40)3-4-15-6-8-17(26(41)42)21(13-15)33-24(38)19-9-10-22(28)36(30)34-19/h1-2,5-13,27-29H,3-4,30H2,(H,32,37)(H,33,38)(H,39,40)(H,41,42)/b2-1-,27-18?,28-22?,31-11+,35-29?. The third-order valence-electron chi connectivity index (χ3n) is 5.64. The molecule has 0 aliphatic heterocycles. The number of anilines is 2. The SMILES string of the molecule is N=N/N=C/C=C\C(=N)C(=O)Nc1cc(CCc2ccc(C(=O)O)c(NC(=O)c3ccc(=N)n(N)n3)c2)ccc1C(=O)O. The van der Waals surface area contributed by atoms with Crippen molar-refractivity contribution in [1.29, 1.82) is 16.3 Å². The van der Waals surface area contributed by atoms with Gasteiger partial charge in [-0.15, -0.1) is 10.2 Å². The predicted molar refractivity (Wildman–Crippen MR) is 150 cm³/mol. The Labute approximate surface area is 236 Å². The van der Waals surface area contributed by atoms with E-state index in [4.69, 9.17) is 22.2 Å². The summed E-state index contributed by atoms with van der Waals surface area (Å²) in [4.78, 5) is 49.2. The average molecular weight is 573 g/mol. The van der Waals surface area contributed by atoms with Gasteiger partial charge in [-0.2, -0.15) is 10.3 Å². The Morgan fingerprint density at radius 3 is 2.02 bits per heavy atom. The number of nitrogens with one attached hydrogen (secondary N) is 5. The smallest absolute Gasteiger partial charge is 0.337 e. The van der Waals surface area contributed by atoms with E-state index in [9.17, 15) is 29.4 Å². The van der Waals surface area contributed by atoms with Gasteiger partial charge < -0.3 is 26.7 Å². The first kappa shape index (κ1) is 30.2. The van der Waals surface area contributed by atoms with Crippen molar-refractivity contribution in [3.8, 4) is 0 Å². The molecule has 0 aliphatic carbocycles. The third kappa shape index (κ3) is 7.85. The highest BCUT2D eigenvalue weighted by Crippen LogP contribution is 2.23. The van der Waals surface area contributed by atoms with Gasteiger partial charge in [0.15, 0.2) is 11.2 Å². The Kier molecular flexibility index (Phi) is 9.82. The number of benzene rings is 2. The molecule has 0 spiro atoms. The molecule has 16 heteroatoms. The fourth-order valence-electron chi connectivity index (χ4n) is 3.58. The van der Waals surface area contributed by atoms with Crippen molar-refractivity contribution in [1.82, 2.24) is 9.89 Å². The van der Waals surface area contributed by atoms with Gasteiger partial charge in [-0.05, 0) is 72.5 Å². The number of hydrogen-bond donors (Lipinski definition) is 8. The van der Waals surface area contributed by atoms with Gasteiger partial charge >= 0.3 is 11.9 Å². The monoisotopic (exact) mass is 572 g/mol. The summed E-state index contributed by atoms with van der Waals surface area (Å²) in [6, 6.07) is 11.2. The Bertz CT molecular complexity index is 1710. The number of carbonyl (C=O) groups is 4. The van der Waals surface area contributed by atoms with E-state index in [0.717, 1.165) is 12.3 Å². The van der Waals surface area contributed by atoms with Gasteiger partial charge in [0.25, 0.3) is 11.8 Å². The van der Waals surface area contributed by atoms with Gasteiger partial charge in [-0.3, -0.25) is 20.4 Å². The van der Waals surface area contributed by atoms with E-state index in [1.165, 1.54) is 42.5 Å². The molecule has 9 N–H and O–H groups in total. The molecule has 2 aromatic carbocycles. The molecule has 0 saturated heterocycles. The predicted octanol–water partition coefficient (Wildman–Crippen LogP) is 2.04. The number of amides is 2. The number of nitrogens with two attached hydrogens (primary N) is 1. The fourth-order valence-corrected chi connectivity index (χ4v) is 3.58. The van der Waals surface area contributed by atoms with Gasteiger partial charge in [-0.1, -0.05) is 17.4 Å². The van der Waals surface area contributed by atoms with Crippen LogP contribution in [0.1, 0.15) is 42.3 Å². The van der Waals surface area contributed by atoms with Gasteiger partial charge in [0.2, 0.25) is 0 Å². The number of aromatic nitrogens is 2. The van der Waals surface area contributed by atoms with Crippen LogP contribution >= 0.6 is 0 Å². The number of hydrogen-bond acceptors (Lipinski definition) is 10. The Morgan fingerprint density at radius 2 is 1.50 bits per heavy atom. The maximum atomic E-state index is 12.7. The van der Waals surface area contributed by atoms with Crippen LogP contribution in [0.4, 0.5) is 11.4 Å². The molecular weight excluding hydrogens is 548 g/mol. The highest BCUT2D eigenvalue weighted by atomic mass is 16.4. The molecule has 0 bridgehead atoms. The maximum Gasteiger partial charge on any atom is 0.337 e. The van der Waals surface area contributed by atoms with Crippen LogP contribution in [0, 0.1) is 16.3 Å². The molecule has 42 heavy (non-hydrogen) atoms. The van der Waals surface area contributed by atoms with E-state index >= 15 is 0 Å². The number of carboxylic acid groups (broad SMARTS) is 2. The lowest BCUT2D eigenvalue weighted by Crippen LogP contribution is -2.31. The molecular formula is C26H24N10O6. The molecule has 0 atom stereocenters. The average Bonchev–Trinajstić information content (AvgIpc) is 2.95. The first-order valence-corrected chi connectivity index (χ1v) is 11.9. The van der Waals surface area contributed by atoms with Gasteiger partial charge in [0, 0.05) is 0 Å². The van der Waals surface area contributed by atoms with Crippen molar-refractivity contribution >= 4 is 47.1 Å².